The smallest absolute Gasteiger partial charge is 0.294 e. The molecule has 1 amide bonds. The van der Waals surface area contributed by atoms with E-state index in [2.05, 4.69) is 5.32 Å². The van der Waals surface area contributed by atoms with Gasteiger partial charge in [-0.05, 0) is 49.6 Å². The molecule has 0 saturated carbocycles. The number of furan rings is 1. The third-order valence-electron chi connectivity index (χ3n) is 6.66. The fraction of sp³-hybridized carbons (Fsp3) is 0.321. The molecule has 0 aliphatic carbocycles. The molecule has 5 rings (SSSR count). The van der Waals surface area contributed by atoms with Crippen molar-refractivity contribution in [2.24, 2.45) is 5.92 Å². The quantitative estimate of drug-likeness (QED) is 0.442. The first-order valence-electron chi connectivity index (χ1n) is 12.2. The molecule has 0 radical (unpaired) electrons. The number of piperidine rings is 1. The predicted molar refractivity (Wildman–Crippen MR) is 137 cm³/mol. The van der Waals surface area contributed by atoms with E-state index in [1.807, 2.05) is 83.1 Å². The average Bonchev–Trinajstić information content (AvgIpc) is 3.39. The van der Waals surface area contributed by atoms with Crippen molar-refractivity contribution in [2.75, 3.05) is 18.0 Å². The van der Waals surface area contributed by atoms with Crippen molar-refractivity contribution in [3.63, 3.8) is 0 Å². The molecule has 7 nitrogen and oxygen atoms in total. The zero-order valence-electron chi connectivity index (χ0n) is 19.9. The van der Waals surface area contributed by atoms with Crippen molar-refractivity contribution >= 4 is 22.8 Å². The van der Waals surface area contributed by atoms with Gasteiger partial charge in [-0.1, -0.05) is 42.5 Å². The zero-order valence-corrected chi connectivity index (χ0v) is 19.9. The lowest BCUT2D eigenvalue weighted by atomic mass is 9.95. The van der Waals surface area contributed by atoms with Crippen LogP contribution in [0.5, 0.6) is 0 Å². The Morgan fingerprint density at radius 2 is 1.80 bits per heavy atom. The van der Waals surface area contributed by atoms with Crippen LogP contribution in [0.15, 0.2) is 82.2 Å². The molecule has 35 heavy (non-hydrogen) atoms. The fourth-order valence-electron chi connectivity index (χ4n) is 4.80. The highest BCUT2D eigenvalue weighted by Gasteiger charge is 2.28. The highest BCUT2D eigenvalue weighted by atomic mass is 16.3. The number of anilines is 1. The van der Waals surface area contributed by atoms with E-state index in [0.717, 1.165) is 22.4 Å². The Labute approximate surface area is 204 Å². The first-order chi connectivity index (χ1) is 17.1. The summed E-state index contributed by atoms with van der Waals surface area (Å²) in [6.07, 6.45) is 3.69. The third-order valence-corrected chi connectivity index (χ3v) is 6.66. The van der Waals surface area contributed by atoms with Crippen LogP contribution in [0, 0.1) is 5.92 Å². The van der Waals surface area contributed by atoms with Crippen molar-refractivity contribution in [3.8, 4) is 0 Å². The van der Waals surface area contributed by atoms with Gasteiger partial charge in [-0.15, -0.1) is 0 Å². The number of hydrogen-bond acceptors (Lipinski definition) is 5. The van der Waals surface area contributed by atoms with Gasteiger partial charge in [0.1, 0.15) is 5.76 Å². The lowest BCUT2D eigenvalue weighted by molar-refractivity contribution is -0.126. The number of nitrogens with zero attached hydrogens (tertiary/aromatic N) is 3. The van der Waals surface area contributed by atoms with Gasteiger partial charge in [-0.25, -0.2) is 4.98 Å². The molecule has 2 aromatic carbocycles. The van der Waals surface area contributed by atoms with E-state index in [1.165, 1.54) is 0 Å². The molecule has 1 aliphatic heterocycles. The lowest BCUT2D eigenvalue weighted by Gasteiger charge is -2.32. The first kappa shape index (κ1) is 22.9. The van der Waals surface area contributed by atoms with Crippen LogP contribution >= 0.6 is 0 Å². The fourth-order valence-corrected chi connectivity index (χ4v) is 4.80. The summed E-state index contributed by atoms with van der Waals surface area (Å²) >= 11 is 0. The number of amides is 1. The van der Waals surface area contributed by atoms with Crippen molar-refractivity contribution in [2.45, 2.75) is 38.8 Å². The van der Waals surface area contributed by atoms with Gasteiger partial charge in [0.2, 0.25) is 5.91 Å². The summed E-state index contributed by atoms with van der Waals surface area (Å²) in [5, 5.41) is 3.12. The van der Waals surface area contributed by atoms with E-state index in [4.69, 9.17) is 9.40 Å². The summed E-state index contributed by atoms with van der Waals surface area (Å²) < 4.78 is 7.19. The molecular formula is C28H30N4O3. The number of fused-ring (bicyclic) bond motifs is 1. The summed E-state index contributed by atoms with van der Waals surface area (Å²) in [5.41, 5.74) is 2.59. The maximum atomic E-state index is 13.6. The van der Waals surface area contributed by atoms with Gasteiger partial charge >= 0.3 is 0 Å². The van der Waals surface area contributed by atoms with Crippen LogP contribution in [-0.4, -0.2) is 34.6 Å². The van der Waals surface area contributed by atoms with E-state index >= 15 is 0 Å². The Bertz CT molecular complexity index is 1340. The molecule has 1 atom stereocenters. The summed E-state index contributed by atoms with van der Waals surface area (Å²) in [6.45, 7) is 3.72. The summed E-state index contributed by atoms with van der Waals surface area (Å²) in [5.74, 6) is 1.32. The average molecular weight is 471 g/mol. The van der Waals surface area contributed by atoms with Crippen molar-refractivity contribution in [3.05, 3.63) is 94.7 Å². The van der Waals surface area contributed by atoms with Gasteiger partial charge in [-0.3, -0.25) is 14.2 Å². The first-order valence-corrected chi connectivity index (χ1v) is 12.2. The van der Waals surface area contributed by atoms with Gasteiger partial charge in [0.25, 0.3) is 5.56 Å². The van der Waals surface area contributed by atoms with Gasteiger partial charge in [0, 0.05) is 31.5 Å². The van der Waals surface area contributed by atoms with Crippen molar-refractivity contribution in [1.29, 1.82) is 0 Å². The Balaban J connectivity index is 1.30. The van der Waals surface area contributed by atoms with Crippen LogP contribution in [0.1, 0.15) is 31.1 Å². The van der Waals surface area contributed by atoms with Gasteiger partial charge in [0.05, 0.1) is 23.8 Å². The van der Waals surface area contributed by atoms with Crippen LogP contribution in [0.3, 0.4) is 0 Å². The van der Waals surface area contributed by atoms with E-state index in [1.54, 1.807) is 6.26 Å². The van der Waals surface area contributed by atoms with Crippen molar-refractivity contribution < 1.29 is 9.21 Å². The molecule has 1 fully saturated rings. The van der Waals surface area contributed by atoms with Crippen LogP contribution in [0.4, 0.5) is 5.82 Å². The Kier molecular flexibility index (Phi) is 6.66. The maximum Gasteiger partial charge on any atom is 0.294 e. The van der Waals surface area contributed by atoms with Crippen LogP contribution in [0.25, 0.3) is 11.0 Å². The molecule has 0 spiro atoms. The summed E-state index contributed by atoms with van der Waals surface area (Å²) in [4.78, 5) is 33.2. The molecule has 7 heteroatoms. The lowest BCUT2D eigenvalue weighted by Crippen LogP contribution is -2.45. The zero-order chi connectivity index (χ0) is 24.2. The topological polar surface area (TPSA) is 80.4 Å². The van der Waals surface area contributed by atoms with E-state index in [0.29, 0.717) is 44.7 Å². The Hall–Kier alpha value is -3.87. The van der Waals surface area contributed by atoms with Crippen LogP contribution in [0.2, 0.25) is 0 Å². The molecule has 1 N–H and O–H groups in total. The Morgan fingerprint density at radius 3 is 2.54 bits per heavy atom. The number of carbonyl (C=O) groups excluding carboxylic acids is 1. The minimum Gasteiger partial charge on any atom is -0.469 e. The number of aromatic nitrogens is 2. The second-order valence-corrected chi connectivity index (χ2v) is 9.26. The minimum absolute atomic E-state index is 0.000904. The monoisotopic (exact) mass is 470 g/mol. The second-order valence-electron chi connectivity index (χ2n) is 9.26. The van der Waals surface area contributed by atoms with E-state index in [-0.39, 0.29) is 23.4 Å². The van der Waals surface area contributed by atoms with Crippen molar-refractivity contribution in [1.82, 2.24) is 14.9 Å². The summed E-state index contributed by atoms with van der Waals surface area (Å²) in [6, 6.07) is 21.5. The van der Waals surface area contributed by atoms with Gasteiger partial charge in [-0.2, -0.15) is 0 Å². The second kappa shape index (κ2) is 10.2. The van der Waals surface area contributed by atoms with Crippen LogP contribution < -0.4 is 15.8 Å². The van der Waals surface area contributed by atoms with Crippen LogP contribution in [-0.2, 0) is 17.8 Å². The minimum atomic E-state index is -0.0949. The highest BCUT2D eigenvalue weighted by Crippen LogP contribution is 2.23. The number of para-hydroxylation sites is 2. The number of benzene rings is 2. The molecule has 2 aromatic heterocycles. The number of nitrogens with one attached hydrogen (secondary N) is 1. The van der Waals surface area contributed by atoms with E-state index < -0.39 is 0 Å². The summed E-state index contributed by atoms with van der Waals surface area (Å²) in [7, 11) is 0. The number of rotatable bonds is 7. The van der Waals surface area contributed by atoms with Gasteiger partial charge < -0.3 is 14.6 Å². The SMILES string of the molecule is C[C@H](Cc1ccco1)NC(=O)C1CCN(c2nc3ccccc3n(Cc3ccccc3)c2=O)CC1. The van der Waals surface area contributed by atoms with E-state index in [9.17, 15) is 9.59 Å². The molecular weight excluding hydrogens is 440 g/mol. The molecule has 1 aliphatic rings. The number of carbonyl (C=O) groups is 1. The predicted octanol–water partition coefficient (Wildman–Crippen LogP) is 4.00. The van der Waals surface area contributed by atoms with Gasteiger partial charge in [0.15, 0.2) is 5.82 Å². The Morgan fingerprint density at radius 1 is 1.06 bits per heavy atom. The highest BCUT2D eigenvalue weighted by molar-refractivity contribution is 5.79. The molecule has 3 heterocycles. The third kappa shape index (κ3) is 5.14. The molecule has 0 unspecified atom stereocenters. The molecule has 4 aromatic rings. The normalized spacial score (nSPS) is 15.3. The number of hydrogen-bond donors (Lipinski definition) is 1. The molecule has 180 valence electrons. The maximum absolute atomic E-state index is 13.6. The standard InChI is InChI=1S/C28H30N4O3/c1-20(18-23-10-7-17-35-23)29-27(33)22-13-15-31(16-14-22)26-28(34)32(19-21-8-3-2-4-9-21)25-12-6-5-11-24(25)30-26/h2-12,17,20,22H,13-16,18-19H2,1H3,(H,29,33)/t20-/m1/s1. The molecule has 0 bridgehead atoms. The molecule has 1 saturated heterocycles. The largest absolute Gasteiger partial charge is 0.469 e.